The Morgan fingerprint density at radius 1 is 1.14 bits per heavy atom. The maximum atomic E-state index is 11.6. The molecular formula is C17H30N2O3. The van der Waals surface area contributed by atoms with Crippen molar-refractivity contribution in [3.63, 3.8) is 0 Å². The third-order valence-electron chi connectivity index (χ3n) is 3.83. The van der Waals surface area contributed by atoms with E-state index in [1.165, 1.54) is 0 Å². The van der Waals surface area contributed by atoms with Gasteiger partial charge >= 0.3 is 12.0 Å². The number of esters is 1. The molecule has 0 bridgehead atoms. The predicted octanol–water partition coefficient (Wildman–Crippen LogP) is 3.16. The van der Waals surface area contributed by atoms with Crippen molar-refractivity contribution >= 4 is 12.0 Å². The Labute approximate surface area is 133 Å². The normalized spacial score (nSPS) is 17.0. The molecule has 5 nitrogen and oxygen atoms in total. The summed E-state index contributed by atoms with van der Waals surface area (Å²) < 4.78 is 4.87. The summed E-state index contributed by atoms with van der Waals surface area (Å²) in [6.45, 7) is 3.72. The minimum absolute atomic E-state index is 0.0684. The highest BCUT2D eigenvalue weighted by Crippen LogP contribution is 2.16. The summed E-state index contributed by atoms with van der Waals surface area (Å²) in [6.07, 6.45) is 12.1. The predicted molar refractivity (Wildman–Crippen MR) is 87.6 cm³/mol. The van der Waals surface area contributed by atoms with Crippen molar-refractivity contribution in [2.75, 3.05) is 19.7 Å². The maximum absolute atomic E-state index is 11.6. The van der Waals surface area contributed by atoms with Gasteiger partial charge in [-0.25, -0.2) is 4.79 Å². The molecule has 0 aromatic rings. The first kappa shape index (κ1) is 18.5. The molecule has 1 unspecified atom stereocenters. The third kappa shape index (κ3) is 9.42. The van der Waals surface area contributed by atoms with Crippen LogP contribution in [0.5, 0.6) is 0 Å². The smallest absolute Gasteiger partial charge is 0.314 e. The number of unbranched alkanes of at least 4 members (excludes halogenated alkanes) is 3. The second-order valence-corrected chi connectivity index (χ2v) is 5.76. The van der Waals surface area contributed by atoms with Crippen LogP contribution >= 0.6 is 0 Å². The van der Waals surface area contributed by atoms with Crippen LogP contribution in [-0.2, 0) is 9.53 Å². The molecule has 5 heteroatoms. The van der Waals surface area contributed by atoms with Gasteiger partial charge in [0.25, 0.3) is 0 Å². The Morgan fingerprint density at radius 2 is 1.95 bits per heavy atom. The Kier molecular flexibility index (Phi) is 10.2. The first-order valence-electron chi connectivity index (χ1n) is 8.54. The van der Waals surface area contributed by atoms with Gasteiger partial charge in [-0.05, 0) is 44.9 Å². The summed E-state index contributed by atoms with van der Waals surface area (Å²) in [6, 6.07) is -0.0684. The van der Waals surface area contributed by atoms with Crippen molar-refractivity contribution in [2.45, 2.75) is 58.3 Å². The highest BCUT2D eigenvalue weighted by atomic mass is 16.5. The largest absolute Gasteiger partial charge is 0.466 e. The molecule has 1 aliphatic rings. The molecule has 0 radical (unpaired) electrons. The van der Waals surface area contributed by atoms with Crippen LogP contribution in [0.3, 0.4) is 0 Å². The highest BCUT2D eigenvalue weighted by molar-refractivity contribution is 5.73. The molecule has 2 N–H and O–H groups in total. The number of urea groups is 1. The Hall–Kier alpha value is -1.52. The van der Waals surface area contributed by atoms with Gasteiger partial charge in [0.2, 0.25) is 0 Å². The number of ether oxygens (including phenoxy) is 1. The van der Waals surface area contributed by atoms with E-state index in [1.807, 2.05) is 6.92 Å². The number of allylic oxidation sites excluding steroid dienone is 2. The molecule has 0 spiro atoms. The summed E-state index contributed by atoms with van der Waals surface area (Å²) >= 11 is 0. The number of amides is 2. The topological polar surface area (TPSA) is 67.4 Å². The number of hydrogen-bond acceptors (Lipinski definition) is 3. The lowest BCUT2D eigenvalue weighted by atomic mass is 9.94. The van der Waals surface area contributed by atoms with Gasteiger partial charge in [0, 0.05) is 19.5 Å². The van der Waals surface area contributed by atoms with Crippen LogP contribution in [0.4, 0.5) is 4.79 Å². The van der Waals surface area contributed by atoms with Crippen LogP contribution in [0.2, 0.25) is 0 Å². The quantitative estimate of drug-likeness (QED) is 0.370. The zero-order valence-electron chi connectivity index (χ0n) is 13.7. The number of hydrogen-bond donors (Lipinski definition) is 2. The molecule has 0 fully saturated rings. The summed E-state index contributed by atoms with van der Waals surface area (Å²) in [5.74, 6) is 0.469. The molecule has 0 saturated heterocycles. The average molecular weight is 310 g/mol. The Balaban J connectivity index is 1.88. The molecule has 0 saturated carbocycles. The van der Waals surface area contributed by atoms with E-state index in [0.717, 1.165) is 51.5 Å². The minimum atomic E-state index is -0.113. The first-order valence-corrected chi connectivity index (χ1v) is 8.54. The average Bonchev–Trinajstić information content (AvgIpc) is 2.53. The fourth-order valence-corrected chi connectivity index (χ4v) is 2.52. The standard InChI is InChI=1S/C17H30N2O3/c1-2-22-16(20)12-8-3-4-9-13-18-17(21)19-14-15-10-6-5-7-11-15/h5-6,15H,2-4,7-14H2,1H3,(H2,18,19,21). The van der Waals surface area contributed by atoms with Gasteiger partial charge in [-0.15, -0.1) is 0 Å². The van der Waals surface area contributed by atoms with Crippen LogP contribution in [-0.4, -0.2) is 31.7 Å². The van der Waals surface area contributed by atoms with Gasteiger partial charge in [-0.1, -0.05) is 25.0 Å². The van der Waals surface area contributed by atoms with Crippen molar-refractivity contribution in [3.8, 4) is 0 Å². The molecule has 0 aromatic carbocycles. The van der Waals surface area contributed by atoms with E-state index >= 15 is 0 Å². The third-order valence-corrected chi connectivity index (χ3v) is 3.83. The van der Waals surface area contributed by atoms with Gasteiger partial charge in [0.15, 0.2) is 0 Å². The first-order chi connectivity index (χ1) is 10.7. The fraction of sp³-hybridized carbons (Fsp3) is 0.765. The van der Waals surface area contributed by atoms with Crippen LogP contribution in [0.15, 0.2) is 12.2 Å². The molecule has 126 valence electrons. The van der Waals surface area contributed by atoms with Crippen LogP contribution in [0.1, 0.15) is 58.3 Å². The van der Waals surface area contributed by atoms with Gasteiger partial charge in [-0.2, -0.15) is 0 Å². The molecular weight excluding hydrogens is 280 g/mol. The van der Waals surface area contributed by atoms with Crippen LogP contribution in [0, 0.1) is 5.92 Å². The molecule has 2 amide bonds. The molecule has 0 heterocycles. The Morgan fingerprint density at radius 3 is 2.68 bits per heavy atom. The second-order valence-electron chi connectivity index (χ2n) is 5.76. The summed E-state index contributed by atoms with van der Waals surface area (Å²) in [7, 11) is 0. The molecule has 1 aliphatic carbocycles. The van der Waals surface area contributed by atoms with Gasteiger partial charge < -0.3 is 15.4 Å². The lowest BCUT2D eigenvalue weighted by Crippen LogP contribution is -2.38. The summed E-state index contributed by atoms with van der Waals surface area (Å²) in [5, 5.41) is 5.82. The van der Waals surface area contributed by atoms with E-state index < -0.39 is 0 Å². The molecule has 1 atom stereocenters. The van der Waals surface area contributed by atoms with E-state index in [-0.39, 0.29) is 12.0 Å². The highest BCUT2D eigenvalue weighted by Gasteiger charge is 2.10. The number of nitrogens with one attached hydrogen (secondary N) is 2. The van der Waals surface area contributed by atoms with Gasteiger partial charge in [0.05, 0.1) is 6.61 Å². The van der Waals surface area contributed by atoms with Crippen molar-refractivity contribution in [2.24, 2.45) is 5.92 Å². The van der Waals surface area contributed by atoms with Crippen molar-refractivity contribution in [1.29, 1.82) is 0 Å². The van der Waals surface area contributed by atoms with Crippen molar-refractivity contribution < 1.29 is 14.3 Å². The molecule has 0 aliphatic heterocycles. The lowest BCUT2D eigenvalue weighted by Gasteiger charge is -2.18. The van der Waals surface area contributed by atoms with Crippen molar-refractivity contribution in [3.05, 3.63) is 12.2 Å². The molecule has 1 rings (SSSR count). The molecule has 22 heavy (non-hydrogen) atoms. The number of rotatable bonds is 10. The minimum Gasteiger partial charge on any atom is -0.466 e. The van der Waals surface area contributed by atoms with Gasteiger partial charge in [0.1, 0.15) is 0 Å². The van der Waals surface area contributed by atoms with E-state index in [1.54, 1.807) is 0 Å². The second kappa shape index (κ2) is 12.1. The zero-order chi connectivity index (χ0) is 16.0. The summed E-state index contributed by atoms with van der Waals surface area (Å²) in [4.78, 5) is 22.8. The lowest BCUT2D eigenvalue weighted by molar-refractivity contribution is -0.143. The monoisotopic (exact) mass is 310 g/mol. The van der Waals surface area contributed by atoms with Crippen LogP contribution in [0.25, 0.3) is 0 Å². The van der Waals surface area contributed by atoms with E-state index in [4.69, 9.17) is 4.74 Å². The van der Waals surface area contributed by atoms with Gasteiger partial charge in [-0.3, -0.25) is 4.79 Å². The fourth-order valence-electron chi connectivity index (χ4n) is 2.52. The van der Waals surface area contributed by atoms with E-state index in [9.17, 15) is 9.59 Å². The van der Waals surface area contributed by atoms with Crippen molar-refractivity contribution in [1.82, 2.24) is 10.6 Å². The maximum Gasteiger partial charge on any atom is 0.314 e. The Bertz CT molecular complexity index is 356. The zero-order valence-corrected chi connectivity index (χ0v) is 13.7. The number of carbonyl (C=O) groups excluding carboxylic acids is 2. The number of carbonyl (C=O) groups is 2. The SMILES string of the molecule is CCOC(=O)CCCCCCNC(=O)NCC1CC=CCC1. The molecule has 0 aromatic heterocycles. The van der Waals surface area contributed by atoms with E-state index in [2.05, 4.69) is 22.8 Å². The summed E-state index contributed by atoms with van der Waals surface area (Å²) in [5.41, 5.74) is 0. The van der Waals surface area contributed by atoms with Crippen LogP contribution < -0.4 is 10.6 Å². The van der Waals surface area contributed by atoms with E-state index in [0.29, 0.717) is 25.5 Å².